The maximum Gasteiger partial charge on any atom is 0.305 e. The number of fused-ring (bicyclic) bond motifs is 2. The lowest BCUT2D eigenvalue weighted by Crippen LogP contribution is -2.18. The minimum atomic E-state index is -0.408. The molecule has 6 heteroatoms. The molecule has 0 bridgehead atoms. The van der Waals surface area contributed by atoms with Crippen molar-refractivity contribution in [2.45, 2.75) is 82.8 Å². The Morgan fingerprint density at radius 1 is 1.03 bits per heavy atom. The van der Waals surface area contributed by atoms with Crippen LogP contribution in [0.5, 0.6) is 0 Å². The van der Waals surface area contributed by atoms with Gasteiger partial charge in [0.05, 0.1) is 12.7 Å². The Bertz CT molecular complexity index is 889. The van der Waals surface area contributed by atoms with Crippen LogP contribution < -0.4 is 0 Å². The number of carbonyl (C=O) groups is 2. The lowest BCUT2D eigenvalue weighted by Gasteiger charge is -2.14. The largest absolute Gasteiger partial charge is 0.466 e. The lowest BCUT2D eigenvalue weighted by atomic mass is 9.89. The van der Waals surface area contributed by atoms with E-state index in [1.807, 2.05) is 25.1 Å². The summed E-state index contributed by atoms with van der Waals surface area (Å²) in [5.41, 5.74) is 2.27. The van der Waals surface area contributed by atoms with E-state index in [4.69, 9.17) is 13.9 Å². The van der Waals surface area contributed by atoms with E-state index in [9.17, 15) is 9.59 Å². The third kappa shape index (κ3) is 4.69. The van der Waals surface area contributed by atoms with E-state index in [1.165, 1.54) is 0 Å². The second-order valence-electron chi connectivity index (χ2n) is 8.23. The van der Waals surface area contributed by atoms with E-state index < -0.39 is 5.60 Å². The smallest absolute Gasteiger partial charge is 0.305 e. The third-order valence-corrected chi connectivity index (χ3v) is 6.04. The standard InChI is InChI=1S/C23H29NO5/c1-16-24-19-15-17(11-12-20(19)28-16)23-13-14-27-22(26)10-6-8-18(25)7-4-2-3-5-9-21(23)29-23/h11-12,15,21H,2-10,13-14H2,1H3. The van der Waals surface area contributed by atoms with Gasteiger partial charge in [-0.05, 0) is 37.0 Å². The molecule has 156 valence electrons. The number of aryl methyl sites for hydroxylation is 1. The van der Waals surface area contributed by atoms with E-state index in [1.54, 1.807) is 0 Å². The highest BCUT2D eigenvalue weighted by Gasteiger charge is 2.56. The number of hydrogen-bond donors (Lipinski definition) is 0. The van der Waals surface area contributed by atoms with Gasteiger partial charge in [0, 0.05) is 32.6 Å². The summed E-state index contributed by atoms with van der Waals surface area (Å²) in [6, 6.07) is 6.02. The van der Waals surface area contributed by atoms with Crippen molar-refractivity contribution >= 4 is 22.9 Å². The Balaban J connectivity index is 1.47. The highest BCUT2D eigenvalue weighted by molar-refractivity contribution is 5.79. The fraction of sp³-hybridized carbons (Fsp3) is 0.609. The van der Waals surface area contributed by atoms with Crippen LogP contribution in [0.25, 0.3) is 11.1 Å². The zero-order valence-corrected chi connectivity index (χ0v) is 17.1. The normalized spacial score (nSPS) is 27.4. The molecule has 6 nitrogen and oxygen atoms in total. The van der Waals surface area contributed by atoms with E-state index in [-0.39, 0.29) is 17.9 Å². The van der Waals surface area contributed by atoms with Crippen LogP contribution in [-0.4, -0.2) is 29.4 Å². The van der Waals surface area contributed by atoms with Gasteiger partial charge in [0.25, 0.3) is 0 Å². The Morgan fingerprint density at radius 3 is 2.76 bits per heavy atom. The average Bonchev–Trinajstić information content (AvgIpc) is 3.25. The van der Waals surface area contributed by atoms with Crippen LogP contribution in [0.3, 0.4) is 0 Å². The van der Waals surface area contributed by atoms with Gasteiger partial charge in [-0.1, -0.05) is 25.3 Å². The first kappa shape index (κ1) is 20.1. The first-order chi connectivity index (χ1) is 14.1. The van der Waals surface area contributed by atoms with Crippen molar-refractivity contribution in [1.29, 1.82) is 0 Å². The Labute approximate surface area is 171 Å². The van der Waals surface area contributed by atoms with Gasteiger partial charge in [0.15, 0.2) is 11.5 Å². The number of aromatic nitrogens is 1. The Hall–Kier alpha value is -2.21. The second-order valence-corrected chi connectivity index (χ2v) is 8.23. The SMILES string of the molecule is Cc1nc2cc(C34CCOC(=O)CCCC(=O)CCCCCCC3O4)ccc2o1. The zero-order valence-electron chi connectivity index (χ0n) is 17.1. The number of rotatable bonds is 1. The highest BCUT2D eigenvalue weighted by atomic mass is 16.6. The van der Waals surface area contributed by atoms with Crippen molar-refractivity contribution in [2.24, 2.45) is 0 Å². The van der Waals surface area contributed by atoms with Crippen LogP contribution in [0.4, 0.5) is 0 Å². The monoisotopic (exact) mass is 399 g/mol. The topological polar surface area (TPSA) is 81.9 Å². The molecule has 2 aromatic rings. The summed E-state index contributed by atoms with van der Waals surface area (Å²) in [6.07, 6.45) is 7.88. The van der Waals surface area contributed by atoms with Gasteiger partial charge in [0.2, 0.25) is 0 Å². The molecular weight excluding hydrogens is 370 g/mol. The van der Waals surface area contributed by atoms with Crippen molar-refractivity contribution in [3.63, 3.8) is 0 Å². The highest BCUT2D eigenvalue weighted by Crippen LogP contribution is 2.52. The number of ketones is 1. The fourth-order valence-electron chi connectivity index (χ4n) is 4.38. The van der Waals surface area contributed by atoms with Gasteiger partial charge < -0.3 is 13.9 Å². The van der Waals surface area contributed by atoms with E-state index >= 15 is 0 Å². The van der Waals surface area contributed by atoms with Crippen LogP contribution >= 0.6 is 0 Å². The molecule has 3 heterocycles. The molecule has 2 fully saturated rings. The van der Waals surface area contributed by atoms with E-state index in [2.05, 4.69) is 4.98 Å². The fourth-order valence-corrected chi connectivity index (χ4v) is 4.38. The molecule has 2 aliphatic heterocycles. The maximum atomic E-state index is 12.0. The molecule has 2 saturated heterocycles. The molecule has 2 unspecified atom stereocenters. The van der Waals surface area contributed by atoms with Crippen LogP contribution in [-0.2, 0) is 24.7 Å². The maximum absolute atomic E-state index is 12.0. The molecule has 0 aliphatic carbocycles. The number of carbonyl (C=O) groups excluding carboxylic acids is 2. The molecule has 2 aliphatic rings. The molecule has 0 spiro atoms. The molecule has 0 N–H and O–H groups in total. The first-order valence-corrected chi connectivity index (χ1v) is 10.8. The molecule has 2 atom stereocenters. The summed E-state index contributed by atoms with van der Waals surface area (Å²) < 4.78 is 17.3. The van der Waals surface area contributed by atoms with Crippen LogP contribution in [0.15, 0.2) is 22.6 Å². The minimum absolute atomic E-state index is 0.126. The van der Waals surface area contributed by atoms with E-state index in [0.717, 1.165) is 48.8 Å². The number of ether oxygens (including phenoxy) is 2. The van der Waals surface area contributed by atoms with Crippen molar-refractivity contribution in [3.05, 3.63) is 29.7 Å². The number of epoxide rings is 1. The average molecular weight is 399 g/mol. The molecule has 4 rings (SSSR count). The molecule has 29 heavy (non-hydrogen) atoms. The van der Waals surface area contributed by atoms with Gasteiger partial charge >= 0.3 is 5.97 Å². The van der Waals surface area contributed by atoms with Gasteiger partial charge in [-0.25, -0.2) is 4.98 Å². The van der Waals surface area contributed by atoms with Gasteiger partial charge in [0.1, 0.15) is 16.9 Å². The van der Waals surface area contributed by atoms with Crippen molar-refractivity contribution < 1.29 is 23.5 Å². The molecule has 0 amide bonds. The number of esters is 1. The summed E-state index contributed by atoms with van der Waals surface area (Å²) in [7, 11) is 0. The summed E-state index contributed by atoms with van der Waals surface area (Å²) in [5, 5.41) is 0. The summed E-state index contributed by atoms with van der Waals surface area (Å²) in [4.78, 5) is 28.3. The molecule has 1 aromatic carbocycles. The van der Waals surface area contributed by atoms with E-state index in [0.29, 0.717) is 44.6 Å². The second kappa shape index (κ2) is 8.66. The number of Topliss-reactive ketones (excluding diaryl/α,β-unsaturated/α-hetero) is 1. The number of nitrogens with zero attached hydrogens (tertiary/aromatic N) is 1. The minimum Gasteiger partial charge on any atom is -0.466 e. The lowest BCUT2D eigenvalue weighted by molar-refractivity contribution is -0.144. The Kier molecular flexibility index (Phi) is 5.99. The molecule has 0 radical (unpaired) electrons. The number of hydrogen-bond acceptors (Lipinski definition) is 6. The van der Waals surface area contributed by atoms with Crippen LogP contribution in [0.2, 0.25) is 0 Å². The molecular formula is C23H29NO5. The number of oxazole rings is 1. The predicted molar refractivity (Wildman–Crippen MR) is 107 cm³/mol. The van der Waals surface area contributed by atoms with Crippen LogP contribution in [0, 0.1) is 6.92 Å². The van der Waals surface area contributed by atoms with Crippen molar-refractivity contribution in [1.82, 2.24) is 4.98 Å². The van der Waals surface area contributed by atoms with Gasteiger partial charge in [-0.15, -0.1) is 0 Å². The summed E-state index contributed by atoms with van der Waals surface area (Å²) in [6.45, 7) is 2.16. The quantitative estimate of drug-likeness (QED) is 0.508. The summed E-state index contributed by atoms with van der Waals surface area (Å²) in [5.74, 6) is 0.668. The third-order valence-electron chi connectivity index (χ3n) is 6.04. The predicted octanol–water partition coefficient (Wildman–Crippen LogP) is 4.76. The molecule has 1 aromatic heterocycles. The van der Waals surface area contributed by atoms with Gasteiger partial charge in [-0.2, -0.15) is 0 Å². The van der Waals surface area contributed by atoms with Crippen molar-refractivity contribution in [3.8, 4) is 0 Å². The first-order valence-electron chi connectivity index (χ1n) is 10.8. The summed E-state index contributed by atoms with van der Waals surface area (Å²) >= 11 is 0. The Morgan fingerprint density at radius 2 is 1.86 bits per heavy atom. The molecule has 0 saturated carbocycles. The van der Waals surface area contributed by atoms with Gasteiger partial charge in [-0.3, -0.25) is 9.59 Å². The number of cyclic esters (lactones) is 1. The zero-order chi connectivity index (χ0) is 20.3. The van der Waals surface area contributed by atoms with Crippen LogP contribution in [0.1, 0.15) is 75.7 Å². The number of benzene rings is 1. The van der Waals surface area contributed by atoms with Crippen molar-refractivity contribution in [2.75, 3.05) is 6.61 Å².